The van der Waals surface area contributed by atoms with Crippen LogP contribution in [0.2, 0.25) is 0 Å². The van der Waals surface area contributed by atoms with Gasteiger partial charge in [0.2, 0.25) is 0 Å². The highest BCUT2D eigenvalue weighted by atomic mass is 14.0. The second-order valence-electron chi connectivity index (χ2n) is 5.85. The van der Waals surface area contributed by atoms with Gasteiger partial charge < -0.3 is 0 Å². The maximum absolute atomic E-state index is 3.76. The lowest BCUT2D eigenvalue weighted by molar-refractivity contribution is 0.915. The molecule has 0 unspecified atom stereocenters. The zero-order valence-corrected chi connectivity index (χ0v) is 14.1. The number of rotatable bonds is 9. The van der Waals surface area contributed by atoms with Gasteiger partial charge in [-0.3, -0.25) is 0 Å². The van der Waals surface area contributed by atoms with E-state index in [1.54, 1.807) is 0 Å². The maximum atomic E-state index is 3.76. The Balaban J connectivity index is 3.99. The molecular formula is C20H32. The molecule has 0 aromatic rings. The second-order valence-corrected chi connectivity index (χ2v) is 5.85. The van der Waals surface area contributed by atoms with Gasteiger partial charge in [-0.05, 0) is 66.7 Å². The maximum Gasteiger partial charge on any atom is -0.0161 e. The van der Waals surface area contributed by atoms with Crippen LogP contribution in [0.25, 0.3) is 0 Å². The topological polar surface area (TPSA) is 0 Å². The van der Waals surface area contributed by atoms with E-state index in [-0.39, 0.29) is 0 Å². The largest absolute Gasteiger partial charge is 0.0988 e. The van der Waals surface area contributed by atoms with Crippen LogP contribution >= 0.6 is 0 Å². The van der Waals surface area contributed by atoms with Crippen molar-refractivity contribution in [2.45, 2.75) is 66.7 Å². The molecule has 0 aromatic carbocycles. The van der Waals surface area contributed by atoms with Crippen molar-refractivity contribution in [3.63, 3.8) is 0 Å². The Labute approximate surface area is 126 Å². The van der Waals surface area contributed by atoms with Gasteiger partial charge in [-0.25, -0.2) is 0 Å². The quantitative estimate of drug-likeness (QED) is 0.315. The van der Waals surface area contributed by atoms with Gasteiger partial charge in [0.05, 0.1) is 0 Å². The summed E-state index contributed by atoms with van der Waals surface area (Å²) < 4.78 is 0. The highest BCUT2D eigenvalue weighted by molar-refractivity contribution is 5.15. The van der Waals surface area contributed by atoms with E-state index in [2.05, 4.69) is 65.5 Å². The van der Waals surface area contributed by atoms with Crippen LogP contribution in [-0.4, -0.2) is 0 Å². The molecule has 0 aromatic heterocycles. The van der Waals surface area contributed by atoms with Gasteiger partial charge in [0.15, 0.2) is 0 Å². The fraction of sp³-hybridized carbons (Fsp3) is 0.500. The number of hydrogen-bond donors (Lipinski definition) is 0. The first kappa shape index (κ1) is 18.7. The summed E-state index contributed by atoms with van der Waals surface area (Å²) in [4.78, 5) is 0. The van der Waals surface area contributed by atoms with E-state index in [0.29, 0.717) is 0 Å². The Morgan fingerprint density at radius 1 is 0.750 bits per heavy atom. The summed E-state index contributed by atoms with van der Waals surface area (Å²) in [6.45, 7) is 14.6. The van der Waals surface area contributed by atoms with Crippen LogP contribution in [0.4, 0.5) is 0 Å². The standard InChI is InChI=1S/C20H32/c1-7-18(4)12-9-14-20(6)16-10-15-19(5)13-8-11-17(2)3/h7,11-12,14-15H,1,8-10,13,16H2,2-6H3/b18-12-,19-15+,20-14+. The summed E-state index contributed by atoms with van der Waals surface area (Å²) in [6.07, 6.45) is 16.9. The fourth-order valence-electron chi connectivity index (χ4n) is 1.87. The monoisotopic (exact) mass is 272 g/mol. The molecule has 0 atom stereocenters. The number of hydrogen-bond acceptors (Lipinski definition) is 0. The predicted molar refractivity (Wildman–Crippen MR) is 94.0 cm³/mol. The van der Waals surface area contributed by atoms with Gasteiger partial charge in [0.1, 0.15) is 0 Å². The molecule has 0 aliphatic carbocycles. The molecule has 112 valence electrons. The first-order valence-corrected chi connectivity index (χ1v) is 7.69. The van der Waals surface area contributed by atoms with E-state index < -0.39 is 0 Å². The molecule has 0 amide bonds. The molecule has 0 aliphatic heterocycles. The van der Waals surface area contributed by atoms with Crippen LogP contribution in [-0.2, 0) is 0 Å². The minimum atomic E-state index is 1.02. The average Bonchev–Trinajstić information content (AvgIpc) is 2.38. The molecule has 0 bridgehead atoms. The predicted octanol–water partition coefficient (Wildman–Crippen LogP) is 6.93. The second kappa shape index (κ2) is 11.5. The van der Waals surface area contributed by atoms with E-state index in [1.807, 2.05) is 6.08 Å². The molecule has 0 rings (SSSR count). The van der Waals surface area contributed by atoms with E-state index in [4.69, 9.17) is 0 Å². The minimum Gasteiger partial charge on any atom is -0.0988 e. The van der Waals surface area contributed by atoms with Crippen LogP contribution in [0.5, 0.6) is 0 Å². The minimum absolute atomic E-state index is 1.02. The summed E-state index contributed by atoms with van der Waals surface area (Å²) in [5.41, 5.74) is 5.66. The summed E-state index contributed by atoms with van der Waals surface area (Å²) in [5.74, 6) is 0. The van der Waals surface area contributed by atoms with Gasteiger partial charge in [0, 0.05) is 0 Å². The van der Waals surface area contributed by atoms with Gasteiger partial charge in [-0.2, -0.15) is 0 Å². The van der Waals surface area contributed by atoms with Crippen LogP contribution in [0.3, 0.4) is 0 Å². The van der Waals surface area contributed by atoms with Gasteiger partial charge in [-0.15, -0.1) is 0 Å². The summed E-state index contributed by atoms with van der Waals surface area (Å²) in [7, 11) is 0. The van der Waals surface area contributed by atoms with Crippen LogP contribution in [0, 0.1) is 0 Å². The van der Waals surface area contributed by atoms with Gasteiger partial charge in [-0.1, -0.05) is 59.3 Å². The molecule has 0 saturated heterocycles. The third-order valence-corrected chi connectivity index (χ3v) is 3.35. The van der Waals surface area contributed by atoms with Crippen molar-refractivity contribution in [3.05, 3.63) is 59.3 Å². The molecule has 0 nitrogen and oxygen atoms in total. The Bertz CT molecular complexity index is 396. The van der Waals surface area contributed by atoms with Crippen molar-refractivity contribution >= 4 is 0 Å². The summed E-state index contributed by atoms with van der Waals surface area (Å²) >= 11 is 0. The van der Waals surface area contributed by atoms with E-state index in [1.165, 1.54) is 41.6 Å². The third-order valence-electron chi connectivity index (χ3n) is 3.35. The smallest absolute Gasteiger partial charge is 0.0161 e. The van der Waals surface area contributed by atoms with Crippen molar-refractivity contribution in [2.24, 2.45) is 0 Å². The Morgan fingerprint density at radius 3 is 1.85 bits per heavy atom. The Hall–Kier alpha value is -1.30. The lowest BCUT2D eigenvalue weighted by Crippen LogP contribution is -1.80. The molecule has 0 aliphatic rings. The fourth-order valence-corrected chi connectivity index (χ4v) is 1.87. The van der Waals surface area contributed by atoms with Crippen molar-refractivity contribution in [2.75, 3.05) is 0 Å². The van der Waals surface area contributed by atoms with Crippen molar-refractivity contribution in [1.82, 2.24) is 0 Å². The lowest BCUT2D eigenvalue weighted by Gasteiger charge is -2.01. The lowest BCUT2D eigenvalue weighted by atomic mass is 10.1. The summed E-state index contributed by atoms with van der Waals surface area (Å²) in [5, 5.41) is 0. The van der Waals surface area contributed by atoms with Crippen LogP contribution < -0.4 is 0 Å². The van der Waals surface area contributed by atoms with Crippen molar-refractivity contribution < 1.29 is 0 Å². The van der Waals surface area contributed by atoms with Gasteiger partial charge >= 0.3 is 0 Å². The zero-order valence-electron chi connectivity index (χ0n) is 14.1. The average molecular weight is 272 g/mol. The molecule has 0 N–H and O–H groups in total. The molecular weight excluding hydrogens is 240 g/mol. The van der Waals surface area contributed by atoms with Crippen molar-refractivity contribution in [3.8, 4) is 0 Å². The zero-order chi connectivity index (χ0) is 15.4. The van der Waals surface area contributed by atoms with Crippen LogP contribution in [0.15, 0.2) is 59.3 Å². The molecule has 0 heterocycles. The Morgan fingerprint density at radius 2 is 1.30 bits per heavy atom. The van der Waals surface area contributed by atoms with Gasteiger partial charge in [0.25, 0.3) is 0 Å². The molecule has 0 saturated carbocycles. The summed E-state index contributed by atoms with van der Waals surface area (Å²) in [6, 6.07) is 0. The SMILES string of the molecule is C=C/C(C)=C\C/C=C(\C)CC/C=C(\C)CCC=C(C)C. The molecule has 0 spiro atoms. The highest BCUT2D eigenvalue weighted by Gasteiger charge is 1.91. The van der Waals surface area contributed by atoms with E-state index >= 15 is 0 Å². The Kier molecular flexibility index (Phi) is 10.8. The van der Waals surface area contributed by atoms with Crippen molar-refractivity contribution in [1.29, 1.82) is 0 Å². The molecule has 0 fully saturated rings. The molecule has 20 heavy (non-hydrogen) atoms. The first-order valence-electron chi connectivity index (χ1n) is 7.69. The normalized spacial score (nSPS) is 13.3. The third kappa shape index (κ3) is 11.8. The van der Waals surface area contributed by atoms with E-state index in [9.17, 15) is 0 Å². The first-order chi connectivity index (χ1) is 9.45. The molecule has 0 heteroatoms. The highest BCUT2D eigenvalue weighted by Crippen LogP contribution is 2.12. The van der Waals surface area contributed by atoms with E-state index in [0.717, 1.165) is 12.8 Å². The molecule has 0 radical (unpaired) electrons. The number of allylic oxidation sites excluding steroid dienone is 9. The van der Waals surface area contributed by atoms with Crippen LogP contribution in [0.1, 0.15) is 66.7 Å².